The third-order valence-electron chi connectivity index (χ3n) is 5.97. The van der Waals surface area contributed by atoms with Gasteiger partial charge in [-0.05, 0) is 23.6 Å². The molecule has 13 heteroatoms. The second-order valence-corrected chi connectivity index (χ2v) is 9.77. The number of imide groups is 1. The Morgan fingerprint density at radius 2 is 1.50 bits per heavy atom. The fourth-order valence-electron chi connectivity index (χ4n) is 3.76. The number of amides is 4. The smallest absolute Gasteiger partial charge is 0.379 e. The summed E-state index contributed by atoms with van der Waals surface area (Å²) in [4.78, 5) is 48.9. The van der Waals surface area contributed by atoms with E-state index in [4.69, 9.17) is 23.1 Å². The van der Waals surface area contributed by atoms with E-state index >= 15 is 0 Å². The van der Waals surface area contributed by atoms with Crippen LogP contribution in [0.5, 0.6) is 0 Å². The van der Waals surface area contributed by atoms with Crippen molar-refractivity contribution in [2.45, 2.75) is 33.2 Å². The quantitative estimate of drug-likeness (QED) is 0.134. The number of anilines is 1. The Morgan fingerprint density at radius 3 is 2.05 bits per heavy atom. The highest BCUT2D eigenvalue weighted by Crippen LogP contribution is 2.25. The summed E-state index contributed by atoms with van der Waals surface area (Å²) in [5.74, 6) is -0.456. The first-order chi connectivity index (χ1) is 19.3. The predicted molar refractivity (Wildman–Crippen MR) is 149 cm³/mol. The first-order valence-corrected chi connectivity index (χ1v) is 14.5. The molecule has 0 spiro atoms. The van der Waals surface area contributed by atoms with Gasteiger partial charge in [-0.2, -0.15) is 0 Å². The molecule has 0 saturated carbocycles. The van der Waals surface area contributed by atoms with Crippen LogP contribution in [0.4, 0.5) is 10.5 Å². The summed E-state index contributed by atoms with van der Waals surface area (Å²) < 4.78 is 26.5. The van der Waals surface area contributed by atoms with Crippen LogP contribution in [-0.2, 0) is 44.1 Å². The highest BCUT2D eigenvalue weighted by atomic mass is 32.2. The number of rotatable bonds is 20. The first kappa shape index (κ1) is 33.5. The van der Waals surface area contributed by atoms with Crippen LogP contribution in [0.3, 0.4) is 0 Å². The zero-order valence-corrected chi connectivity index (χ0v) is 24.3. The average molecular weight is 584 g/mol. The molecule has 4 amide bonds. The van der Waals surface area contributed by atoms with Crippen LogP contribution in [0.25, 0.3) is 0 Å². The van der Waals surface area contributed by atoms with Crippen molar-refractivity contribution < 1.29 is 42.3 Å². The van der Waals surface area contributed by atoms with E-state index in [1.165, 1.54) is 4.90 Å². The van der Waals surface area contributed by atoms with Gasteiger partial charge in [-0.25, -0.2) is 4.79 Å². The summed E-state index contributed by atoms with van der Waals surface area (Å²) >= 11 is 0.974. The lowest BCUT2D eigenvalue weighted by molar-refractivity contribution is -0.140. The third-order valence-corrected chi connectivity index (χ3v) is 6.28. The van der Waals surface area contributed by atoms with Gasteiger partial charge in [0.2, 0.25) is 17.7 Å². The van der Waals surface area contributed by atoms with Gasteiger partial charge in [-0.1, -0.05) is 26.0 Å². The molecule has 2 rings (SSSR count). The highest BCUT2D eigenvalue weighted by Gasteiger charge is 2.39. The van der Waals surface area contributed by atoms with Crippen molar-refractivity contribution in [2.24, 2.45) is 11.8 Å². The molecule has 40 heavy (non-hydrogen) atoms. The Kier molecular flexibility index (Phi) is 16.2. The van der Waals surface area contributed by atoms with E-state index in [1.807, 2.05) is 26.0 Å². The van der Waals surface area contributed by atoms with Gasteiger partial charge in [0.15, 0.2) is 0 Å². The molecule has 1 fully saturated rings. The molecule has 1 heterocycles. The Bertz CT molecular complexity index is 930. The second-order valence-electron chi connectivity index (χ2n) is 9.27. The number of nitrogens with one attached hydrogen (secondary N) is 2. The molecule has 224 valence electrons. The van der Waals surface area contributed by atoms with Gasteiger partial charge in [0, 0.05) is 30.8 Å². The number of hydrogen-bond donors (Lipinski definition) is 2. The van der Waals surface area contributed by atoms with Crippen LogP contribution in [0, 0.1) is 11.8 Å². The molecular formula is C27H41N3O9S. The lowest BCUT2D eigenvalue weighted by Gasteiger charge is -2.16. The van der Waals surface area contributed by atoms with E-state index < -0.39 is 6.09 Å². The van der Waals surface area contributed by atoms with Crippen LogP contribution in [0.15, 0.2) is 24.3 Å². The van der Waals surface area contributed by atoms with Gasteiger partial charge in [0.1, 0.15) is 0 Å². The van der Waals surface area contributed by atoms with Crippen LogP contribution in [-0.4, -0.2) is 94.4 Å². The first-order valence-electron chi connectivity index (χ1n) is 13.3. The molecule has 1 aliphatic heterocycles. The van der Waals surface area contributed by atoms with Crippen LogP contribution in [0.2, 0.25) is 0 Å². The van der Waals surface area contributed by atoms with E-state index in [-0.39, 0.29) is 55.6 Å². The van der Waals surface area contributed by atoms with Gasteiger partial charge < -0.3 is 33.8 Å². The zero-order valence-electron chi connectivity index (χ0n) is 23.5. The van der Waals surface area contributed by atoms with E-state index in [1.54, 1.807) is 18.4 Å². The molecular weight excluding hydrogens is 542 g/mol. The van der Waals surface area contributed by atoms with Crippen LogP contribution >= 0.6 is 12.0 Å². The van der Waals surface area contributed by atoms with Gasteiger partial charge in [-0.3, -0.25) is 19.3 Å². The monoisotopic (exact) mass is 583 g/mol. The van der Waals surface area contributed by atoms with Crippen molar-refractivity contribution >= 4 is 41.5 Å². The average Bonchev–Trinajstić information content (AvgIpc) is 3.21. The van der Waals surface area contributed by atoms with Crippen molar-refractivity contribution in [3.05, 3.63) is 29.8 Å². The third kappa shape index (κ3) is 13.1. The molecule has 0 aliphatic carbocycles. The molecule has 1 aromatic carbocycles. The van der Waals surface area contributed by atoms with Crippen LogP contribution < -0.4 is 10.6 Å². The minimum Gasteiger partial charge on any atom is -0.379 e. The number of hydrogen-bond acceptors (Lipinski definition) is 10. The lowest BCUT2D eigenvalue weighted by Crippen LogP contribution is -2.34. The van der Waals surface area contributed by atoms with Gasteiger partial charge in [0.25, 0.3) is 0 Å². The number of carbonyl (C=O) groups is 4. The Balaban J connectivity index is 1.38. The summed E-state index contributed by atoms with van der Waals surface area (Å²) in [6.45, 7) is 7.38. The van der Waals surface area contributed by atoms with E-state index in [0.717, 1.165) is 17.6 Å². The Labute approximate surface area is 239 Å². The molecule has 1 aromatic rings. The summed E-state index contributed by atoms with van der Waals surface area (Å²) in [7, 11) is 0. The lowest BCUT2D eigenvalue weighted by atomic mass is 9.94. The molecule has 12 nitrogen and oxygen atoms in total. The van der Waals surface area contributed by atoms with E-state index in [9.17, 15) is 19.2 Å². The summed E-state index contributed by atoms with van der Waals surface area (Å²) in [6.07, 6.45) is 1.65. The van der Waals surface area contributed by atoms with Crippen molar-refractivity contribution in [3.63, 3.8) is 0 Å². The normalized spacial score (nSPS) is 15.1. The topological polar surface area (TPSA) is 142 Å². The van der Waals surface area contributed by atoms with Crippen molar-refractivity contribution in [1.29, 1.82) is 0 Å². The predicted octanol–water partition coefficient (Wildman–Crippen LogP) is 2.62. The molecule has 0 bridgehead atoms. The second kappa shape index (κ2) is 19.4. The summed E-state index contributed by atoms with van der Waals surface area (Å²) in [6, 6.07) is 7.14. The maximum absolute atomic E-state index is 12.2. The fourth-order valence-corrected chi connectivity index (χ4v) is 3.97. The minimum atomic E-state index is -0.505. The zero-order chi connectivity index (χ0) is 29.2. The SMILES string of the molecule is CSOC(=O)NCc1ccc(NC(=O)CCOCCOCCOCCOCCN2C(=O)CC(C(C)C)C2=O)cc1. The van der Waals surface area contributed by atoms with E-state index in [2.05, 4.69) is 10.6 Å². The number of likely N-dealkylation sites (tertiary alicyclic amines) is 1. The van der Waals surface area contributed by atoms with Crippen LogP contribution in [0.1, 0.15) is 32.3 Å². The Hall–Kier alpha value is -2.71. The highest BCUT2D eigenvalue weighted by molar-refractivity contribution is 7.94. The molecule has 0 aromatic heterocycles. The fraction of sp³-hybridized carbons (Fsp3) is 0.630. The maximum Gasteiger partial charge on any atom is 0.419 e. The largest absolute Gasteiger partial charge is 0.419 e. The number of ether oxygens (including phenoxy) is 4. The standard InChI is InChI=1S/C27H41N3O9S/c1-20(2)23-18-25(32)30(26(23)33)9-11-36-13-15-38-17-16-37-14-12-35-10-8-24(31)29-22-6-4-21(5-7-22)19-28-27(34)39-40-3/h4-7,20,23H,8-19H2,1-3H3,(H,28,34)(H,29,31). The van der Waals surface area contributed by atoms with Crippen molar-refractivity contribution in [3.8, 4) is 0 Å². The molecule has 1 aliphatic rings. The molecule has 0 radical (unpaired) electrons. The molecule has 1 atom stereocenters. The Morgan fingerprint density at radius 1 is 0.925 bits per heavy atom. The number of benzene rings is 1. The van der Waals surface area contributed by atoms with Gasteiger partial charge >= 0.3 is 6.09 Å². The maximum atomic E-state index is 12.2. The van der Waals surface area contributed by atoms with E-state index in [0.29, 0.717) is 58.5 Å². The number of nitrogens with zero attached hydrogens (tertiary/aromatic N) is 1. The van der Waals surface area contributed by atoms with Crippen molar-refractivity contribution in [1.82, 2.24) is 10.2 Å². The summed E-state index contributed by atoms with van der Waals surface area (Å²) in [5, 5.41) is 5.41. The molecule has 1 unspecified atom stereocenters. The number of carbonyl (C=O) groups excluding carboxylic acids is 4. The van der Waals surface area contributed by atoms with Gasteiger partial charge in [0.05, 0.1) is 77.9 Å². The summed E-state index contributed by atoms with van der Waals surface area (Å²) in [5.41, 5.74) is 1.54. The molecule has 1 saturated heterocycles. The minimum absolute atomic E-state index is 0.103. The van der Waals surface area contributed by atoms with Crippen molar-refractivity contribution in [2.75, 3.05) is 71.0 Å². The van der Waals surface area contributed by atoms with Gasteiger partial charge in [-0.15, -0.1) is 0 Å². The molecule has 2 N–H and O–H groups in total.